The van der Waals surface area contributed by atoms with Crippen molar-refractivity contribution < 1.29 is 19.1 Å². The van der Waals surface area contributed by atoms with Gasteiger partial charge in [0.05, 0.1) is 13.2 Å². The van der Waals surface area contributed by atoms with E-state index in [-0.39, 0.29) is 23.6 Å². The van der Waals surface area contributed by atoms with Gasteiger partial charge in [-0.15, -0.1) is 0 Å². The maximum atomic E-state index is 12.9. The highest BCUT2D eigenvalue weighted by molar-refractivity contribution is 6.00. The highest BCUT2D eigenvalue weighted by Crippen LogP contribution is 2.22. The van der Waals surface area contributed by atoms with Crippen molar-refractivity contribution in [1.29, 1.82) is 0 Å². The number of carbonyl (C=O) groups is 3. The zero-order valence-corrected chi connectivity index (χ0v) is 16.6. The molecule has 2 heterocycles. The molecule has 3 amide bonds. The van der Waals surface area contributed by atoms with Crippen molar-refractivity contribution in [1.82, 2.24) is 10.2 Å². The Hall–Kier alpha value is -2.41. The van der Waals surface area contributed by atoms with Crippen LogP contribution in [0.1, 0.15) is 43.5 Å². The van der Waals surface area contributed by atoms with E-state index in [0.29, 0.717) is 51.3 Å². The van der Waals surface area contributed by atoms with Gasteiger partial charge < -0.3 is 19.9 Å². The van der Waals surface area contributed by atoms with Crippen LogP contribution in [-0.4, -0.2) is 61.5 Å². The van der Waals surface area contributed by atoms with Crippen LogP contribution >= 0.6 is 0 Å². The van der Waals surface area contributed by atoms with E-state index >= 15 is 0 Å². The van der Waals surface area contributed by atoms with Crippen LogP contribution in [0.5, 0.6) is 0 Å². The van der Waals surface area contributed by atoms with Crippen LogP contribution in [0.4, 0.5) is 5.69 Å². The molecule has 1 N–H and O–H groups in total. The lowest BCUT2D eigenvalue weighted by Crippen LogP contribution is -2.52. The molecule has 0 spiro atoms. The van der Waals surface area contributed by atoms with Crippen LogP contribution in [0.25, 0.3) is 0 Å². The van der Waals surface area contributed by atoms with Gasteiger partial charge in [0.25, 0.3) is 5.91 Å². The van der Waals surface area contributed by atoms with Crippen LogP contribution in [0.2, 0.25) is 0 Å². The quantitative estimate of drug-likeness (QED) is 0.808. The van der Waals surface area contributed by atoms with E-state index in [2.05, 4.69) is 5.32 Å². The number of carbonyl (C=O) groups excluding carboxylic acids is 3. The minimum absolute atomic E-state index is 0.0591. The zero-order valence-electron chi connectivity index (χ0n) is 16.6. The summed E-state index contributed by atoms with van der Waals surface area (Å²) >= 11 is 0. The van der Waals surface area contributed by atoms with Gasteiger partial charge in [0.15, 0.2) is 0 Å². The first-order chi connectivity index (χ1) is 13.5. The second-order valence-corrected chi connectivity index (χ2v) is 7.79. The zero-order chi connectivity index (χ0) is 20.1. The molecule has 1 aromatic rings. The molecule has 0 aromatic heterocycles. The van der Waals surface area contributed by atoms with Gasteiger partial charge in [-0.05, 0) is 37.0 Å². The predicted octanol–water partition coefficient (Wildman–Crippen LogP) is 1.82. The third-order valence-electron chi connectivity index (χ3n) is 5.13. The third kappa shape index (κ3) is 4.90. The van der Waals surface area contributed by atoms with Gasteiger partial charge in [-0.25, -0.2) is 0 Å². The highest BCUT2D eigenvalue weighted by Gasteiger charge is 2.28. The van der Waals surface area contributed by atoms with Crippen molar-refractivity contribution >= 4 is 23.4 Å². The summed E-state index contributed by atoms with van der Waals surface area (Å²) in [5.41, 5.74) is 1.19. The number of morpholine rings is 1. The summed E-state index contributed by atoms with van der Waals surface area (Å²) in [4.78, 5) is 41.2. The first kappa shape index (κ1) is 20.3. The molecule has 0 aliphatic carbocycles. The molecule has 7 heteroatoms. The number of amides is 3. The number of hydrogen-bond acceptors (Lipinski definition) is 4. The molecule has 0 radical (unpaired) electrons. The Morgan fingerprint density at radius 3 is 2.57 bits per heavy atom. The smallest absolute Gasteiger partial charge is 0.252 e. The maximum Gasteiger partial charge on any atom is 0.252 e. The molecule has 1 atom stereocenters. The van der Waals surface area contributed by atoms with Crippen molar-refractivity contribution in [2.45, 2.75) is 39.2 Å². The lowest BCUT2D eigenvalue weighted by atomic mass is 10.0. The molecule has 0 unspecified atom stereocenters. The summed E-state index contributed by atoms with van der Waals surface area (Å²) in [6.07, 6.45) is 1.95. The van der Waals surface area contributed by atoms with Gasteiger partial charge in [-0.2, -0.15) is 0 Å². The molecule has 2 saturated heterocycles. The molecule has 0 saturated carbocycles. The van der Waals surface area contributed by atoms with E-state index in [0.717, 1.165) is 12.1 Å². The number of nitrogens with one attached hydrogen (secondary N) is 1. The molecular weight excluding hydrogens is 358 g/mol. The average Bonchev–Trinajstić information content (AvgIpc) is 3.13. The van der Waals surface area contributed by atoms with E-state index in [1.807, 2.05) is 19.9 Å². The Kier molecular flexibility index (Phi) is 6.67. The van der Waals surface area contributed by atoms with Crippen LogP contribution in [0.15, 0.2) is 24.3 Å². The summed E-state index contributed by atoms with van der Waals surface area (Å²) in [6.45, 7) is 6.90. The van der Waals surface area contributed by atoms with Gasteiger partial charge >= 0.3 is 0 Å². The topological polar surface area (TPSA) is 79.0 Å². The van der Waals surface area contributed by atoms with Crippen molar-refractivity contribution in [2.75, 3.05) is 37.7 Å². The third-order valence-corrected chi connectivity index (χ3v) is 5.13. The summed E-state index contributed by atoms with van der Waals surface area (Å²) in [5.74, 6) is -0.00133. The molecule has 1 aromatic carbocycles. The molecule has 2 aliphatic rings. The van der Waals surface area contributed by atoms with E-state index in [9.17, 15) is 14.4 Å². The fraction of sp³-hybridized carbons (Fsp3) is 0.571. The number of hydrogen-bond donors (Lipinski definition) is 1. The standard InChI is InChI=1S/C21H29N3O4/c1-15(2)13-18(21(27)23-9-11-28-12-10-23)22-20(26)16-5-3-6-17(14-16)24-8-4-7-19(24)25/h3,5-6,14-15,18H,4,7-13H2,1-2H3,(H,22,26)/t18-/m0/s1. The lowest BCUT2D eigenvalue weighted by molar-refractivity contribution is -0.137. The Morgan fingerprint density at radius 1 is 1.18 bits per heavy atom. The van der Waals surface area contributed by atoms with Crippen LogP contribution in [0, 0.1) is 5.92 Å². The molecule has 152 valence electrons. The maximum absolute atomic E-state index is 12.9. The average molecular weight is 387 g/mol. The van der Waals surface area contributed by atoms with Gasteiger partial charge in [-0.3, -0.25) is 14.4 Å². The van der Waals surface area contributed by atoms with Crippen molar-refractivity contribution in [3.63, 3.8) is 0 Å². The van der Waals surface area contributed by atoms with Crippen LogP contribution in [-0.2, 0) is 14.3 Å². The molecule has 2 fully saturated rings. The molecule has 28 heavy (non-hydrogen) atoms. The SMILES string of the molecule is CC(C)C[C@H](NC(=O)c1cccc(N2CCCC2=O)c1)C(=O)N1CCOCC1. The largest absolute Gasteiger partial charge is 0.378 e. The van der Waals surface area contributed by atoms with E-state index in [1.165, 1.54) is 0 Å². The summed E-state index contributed by atoms with van der Waals surface area (Å²) in [6, 6.07) is 6.49. The Balaban J connectivity index is 1.72. The minimum Gasteiger partial charge on any atom is -0.378 e. The van der Waals surface area contributed by atoms with Crippen molar-refractivity contribution in [2.24, 2.45) is 5.92 Å². The second-order valence-electron chi connectivity index (χ2n) is 7.79. The predicted molar refractivity (Wildman–Crippen MR) is 106 cm³/mol. The monoisotopic (exact) mass is 387 g/mol. The van der Waals surface area contributed by atoms with Crippen molar-refractivity contribution in [3.05, 3.63) is 29.8 Å². The molecular formula is C21H29N3O4. The summed E-state index contributed by atoms with van der Waals surface area (Å²) < 4.78 is 5.32. The second kappa shape index (κ2) is 9.19. The normalized spacial score (nSPS) is 18.5. The first-order valence-electron chi connectivity index (χ1n) is 10.0. The Morgan fingerprint density at radius 2 is 1.93 bits per heavy atom. The first-order valence-corrected chi connectivity index (χ1v) is 10.0. The molecule has 2 aliphatic heterocycles. The van der Waals surface area contributed by atoms with Gasteiger partial charge in [0.2, 0.25) is 11.8 Å². The number of anilines is 1. The fourth-order valence-corrected chi connectivity index (χ4v) is 3.67. The van der Waals surface area contributed by atoms with E-state index < -0.39 is 6.04 Å². The van der Waals surface area contributed by atoms with Gasteiger partial charge in [0, 0.05) is 37.3 Å². The number of ether oxygens (including phenoxy) is 1. The van der Waals surface area contributed by atoms with Crippen molar-refractivity contribution in [3.8, 4) is 0 Å². The summed E-state index contributed by atoms with van der Waals surface area (Å²) in [7, 11) is 0. The Labute approximate surface area is 166 Å². The molecule has 3 rings (SSSR count). The lowest BCUT2D eigenvalue weighted by Gasteiger charge is -2.31. The minimum atomic E-state index is -0.567. The number of rotatable bonds is 6. The van der Waals surface area contributed by atoms with Gasteiger partial charge in [-0.1, -0.05) is 19.9 Å². The fourth-order valence-electron chi connectivity index (χ4n) is 3.67. The van der Waals surface area contributed by atoms with E-state index in [1.54, 1.807) is 28.0 Å². The van der Waals surface area contributed by atoms with Crippen LogP contribution in [0.3, 0.4) is 0 Å². The highest BCUT2D eigenvalue weighted by atomic mass is 16.5. The van der Waals surface area contributed by atoms with E-state index in [4.69, 9.17) is 4.74 Å². The molecule has 0 bridgehead atoms. The number of nitrogens with zero attached hydrogens (tertiary/aromatic N) is 2. The van der Waals surface area contributed by atoms with Crippen LogP contribution < -0.4 is 10.2 Å². The summed E-state index contributed by atoms with van der Waals surface area (Å²) in [5, 5.41) is 2.92. The number of benzene rings is 1. The molecule has 7 nitrogen and oxygen atoms in total. The van der Waals surface area contributed by atoms with Gasteiger partial charge in [0.1, 0.15) is 6.04 Å². The Bertz CT molecular complexity index is 728.